The lowest BCUT2D eigenvalue weighted by Crippen LogP contribution is -2.31. The van der Waals surface area contributed by atoms with Gasteiger partial charge in [0, 0.05) is 31.2 Å². The molecule has 90 valence electrons. The molecule has 1 aliphatic carbocycles. The van der Waals surface area contributed by atoms with Gasteiger partial charge in [0.25, 0.3) is 0 Å². The summed E-state index contributed by atoms with van der Waals surface area (Å²) >= 11 is 1.93. The Bertz CT molecular complexity index is 152. The topological polar surface area (TPSA) is 41.5 Å². The van der Waals surface area contributed by atoms with E-state index in [-0.39, 0.29) is 6.10 Å². The SMILES string of the molecule is COCCNCC(O)CSC1CCCC1. The van der Waals surface area contributed by atoms with Crippen LogP contribution in [0.15, 0.2) is 0 Å². The van der Waals surface area contributed by atoms with E-state index in [1.165, 1.54) is 25.7 Å². The van der Waals surface area contributed by atoms with Gasteiger partial charge >= 0.3 is 0 Å². The first-order valence-corrected chi connectivity index (χ1v) is 6.87. The second-order valence-corrected chi connectivity index (χ2v) is 5.42. The molecule has 0 aromatic heterocycles. The lowest BCUT2D eigenvalue weighted by atomic mass is 10.4. The predicted octanol–water partition coefficient (Wildman–Crippen LogP) is 1.26. The van der Waals surface area contributed by atoms with E-state index in [1.807, 2.05) is 11.8 Å². The molecule has 1 rings (SSSR count). The van der Waals surface area contributed by atoms with Gasteiger partial charge in [-0.05, 0) is 12.8 Å². The van der Waals surface area contributed by atoms with Crippen molar-refractivity contribution in [1.29, 1.82) is 0 Å². The van der Waals surface area contributed by atoms with Gasteiger partial charge in [0.15, 0.2) is 0 Å². The van der Waals surface area contributed by atoms with Crippen molar-refractivity contribution in [2.75, 3.05) is 32.6 Å². The Morgan fingerprint density at radius 1 is 1.47 bits per heavy atom. The van der Waals surface area contributed by atoms with Gasteiger partial charge in [-0.3, -0.25) is 0 Å². The normalized spacial score (nSPS) is 19.6. The van der Waals surface area contributed by atoms with Crippen LogP contribution in [0.4, 0.5) is 0 Å². The lowest BCUT2D eigenvalue weighted by Gasteiger charge is -2.14. The number of aliphatic hydroxyl groups excluding tert-OH is 1. The van der Waals surface area contributed by atoms with Crippen molar-refractivity contribution in [1.82, 2.24) is 5.32 Å². The van der Waals surface area contributed by atoms with Crippen LogP contribution in [0, 0.1) is 0 Å². The number of hydrogen-bond donors (Lipinski definition) is 2. The van der Waals surface area contributed by atoms with Crippen molar-refractivity contribution < 1.29 is 9.84 Å². The molecule has 0 aromatic carbocycles. The fourth-order valence-corrected chi connectivity index (χ4v) is 3.08. The highest BCUT2D eigenvalue weighted by Gasteiger charge is 2.16. The molecule has 2 N–H and O–H groups in total. The number of hydrogen-bond acceptors (Lipinski definition) is 4. The fourth-order valence-electron chi connectivity index (χ4n) is 1.80. The molecule has 0 bridgehead atoms. The molecule has 0 aliphatic heterocycles. The lowest BCUT2D eigenvalue weighted by molar-refractivity contribution is 0.175. The molecule has 0 spiro atoms. The van der Waals surface area contributed by atoms with E-state index in [0.29, 0.717) is 13.2 Å². The van der Waals surface area contributed by atoms with Crippen LogP contribution in [0.5, 0.6) is 0 Å². The molecule has 1 saturated carbocycles. The summed E-state index contributed by atoms with van der Waals surface area (Å²) < 4.78 is 4.92. The third-order valence-electron chi connectivity index (χ3n) is 2.69. The third-order valence-corrected chi connectivity index (χ3v) is 4.21. The van der Waals surface area contributed by atoms with Gasteiger partial charge < -0.3 is 15.2 Å². The molecule has 4 heteroatoms. The van der Waals surface area contributed by atoms with Crippen molar-refractivity contribution in [3.63, 3.8) is 0 Å². The molecule has 0 radical (unpaired) electrons. The fraction of sp³-hybridized carbons (Fsp3) is 1.00. The minimum atomic E-state index is -0.215. The van der Waals surface area contributed by atoms with Crippen LogP contribution in [-0.4, -0.2) is 49.0 Å². The summed E-state index contributed by atoms with van der Waals surface area (Å²) in [7, 11) is 1.69. The maximum Gasteiger partial charge on any atom is 0.0754 e. The third kappa shape index (κ3) is 6.40. The standard InChI is InChI=1S/C11H23NO2S/c1-14-7-6-12-8-10(13)9-15-11-4-2-3-5-11/h10-13H,2-9H2,1H3. The van der Waals surface area contributed by atoms with Crippen LogP contribution in [-0.2, 0) is 4.74 Å². The molecular formula is C11H23NO2S. The number of ether oxygens (including phenoxy) is 1. The molecule has 1 unspecified atom stereocenters. The first-order valence-electron chi connectivity index (χ1n) is 5.82. The maximum absolute atomic E-state index is 9.68. The van der Waals surface area contributed by atoms with Gasteiger partial charge in [-0.2, -0.15) is 11.8 Å². The zero-order chi connectivity index (χ0) is 10.9. The molecule has 0 aromatic rings. The van der Waals surface area contributed by atoms with Gasteiger partial charge in [0.1, 0.15) is 0 Å². The van der Waals surface area contributed by atoms with Gasteiger partial charge in [0.05, 0.1) is 12.7 Å². The molecule has 0 amide bonds. The van der Waals surface area contributed by atoms with Crippen LogP contribution in [0.2, 0.25) is 0 Å². The Morgan fingerprint density at radius 3 is 2.87 bits per heavy atom. The largest absolute Gasteiger partial charge is 0.391 e. The highest BCUT2D eigenvalue weighted by Crippen LogP contribution is 2.29. The summed E-state index contributed by atoms with van der Waals surface area (Å²) in [5.41, 5.74) is 0. The monoisotopic (exact) mass is 233 g/mol. The predicted molar refractivity (Wildman–Crippen MR) is 65.5 cm³/mol. The van der Waals surface area contributed by atoms with E-state index >= 15 is 0 Å². The molecule has 3 nitrogen and oxygen atoms in total. The van der Waals surface area contributed by atoms with Crippen LogP contribution < -0.4 is 5.32 Å². The Kier molecular flexibility index (Phi) is 7.44. The van der Waals surface area contributed by atoms with E-state index in [1.54, 1.807) is 7.11 Å². The minimum Gasteiger partial charge on any atom is -0.391 e. The van der Waals surface area contributed by atoms with E-state index < -0.39 is 0 Å². The van der Waals surface area contributed by atoms with Gasteiger partial charge in [0.2, 0.25) is 0 Å². The molecular weight excluding hydrogens is 210 g/mol. The molecule has 15 heavy (non-hydrogen) atoms. The highest BCUT2D eigenvalue weighted by atomic mass is 32.2. The maximum atomic E-state index is 9.68. The Labute approximate surface area is 97.0 Å². The first kappa shape index (κ1) is 13.3. The molecule has 1 fully saturated rings. The number of nitrogens with one attached hydrogen (secondary N) is 1. The van der Waals surface area contributed by atoms with Crippen LogP contribution in [0.3, 0.4) is 0 Å². The molecule has 0 saturated heterocycles. The van der Waals surface area contributed by atoms with Crippen molar-refractivity contribution in [3.05, 3.63) is 0 Å². The van der Waals surface area contributed by atoms with Crippen molar-refractivity contribution >= 4 is 11.8 Å². The van der Waals surface area contributed by atoms with E-state index in [0.717, 1.165) is 17.5 Å². The second kappa shape index (κ2) is 8.39. The van der Waals surface area contributed by atoms with Crippen LogP contribution in [0.1, 0.15) is 25.7 Å². The summed E-state index contributed by atoms with van der Waals surface area (Å²) in [5.74, 6) is 0.866. The van der Waals surface area contributed by atoms with Crippen molar-refractivity contribution in [3.8, 4) is 0 Å². The minimum absolute atomic E-state index is 0.215. The molecule has 0 heterocycles. The summed E-state index contributed by atoms with van der Waals surface area (Å²) in [5, 5.41) is 13.7. The van der Waals surface area contributed by atoms with Crippen molar-refractivity contribution in [2.24, 2.45) is 0 Å². The van der Waals surface area contributed by atoms with Crippen molar-refractivity contribution in [2.45, 2.75) is 37.0 Å². The number of aliphatic hydroxyl groups is 1. The Hall–Kier alpha value is 0.230. The summed E-state index contributed by atoms with van der Waals surface area (Å²) in [6.07, 6.45) is 5.22. The van der Waals surface area contributed by atoms with Gasteiger partial charge in [-0.25, -0.2) is 0 Å². The highest BCUT2D eigenvalue weighted by molar-refractivity contribution is 7.99. The Morgan fingerprint density at radius 2 is 2.20 bits per heavy atom. The zero-order valence-electron chi connectivity index (χ0n) is 9.58. The molecule has 1 aliphatic rings. The number of rotatable bonds is 8. The second-order valence-electron chi connectivity index (χ2n) is 4.09. The van der Waals surface area contributed by atoms with Crippen LogP contribution in [0.25, 0.3) is 0 Å². The van der Waals surface area contributed by atoms with Gasteiger partial charge in [-0.1, -0.05) is 12.8 Å². The molecule has 1 atom stereocenters. The summed E-state index contributed by atoms with van der Waals surface area (Å²) in [6.45, 7) is 2.22. The van der Waals surface area contributed by atoms with Gasteiger partial charge in [-0.15, -0.1) is 0 Å². The van der Waals surface area contributed by atoms with E-state index in [4.69, 9.17) is 4.74 Å². The first-order chi connectivity index (χ1) is 7.33. The smallest absolute Gasteiger partial charge is 0.0754 e. The zero-order valence-corrected chi connectivity index (χ0v) is 10.4. The average molecular weight is 233 g/mol. The average Bonchev–Trinajstić information content (AvgIpc) is 2.74. The van der Waals surface area contributed by atoms with Crippen LogP contribution >= 0.6 is 11.8 Å². The van der Waals surface area contributed by atoms with E-state index in [2.05, 4.69) is 5.32 Å². The summed E-state index contributed by atoms with van der Waals surface area (Å²) in [4.78, 5) is 0. The summed E-state index contributed by atoms with van der Waals surface area (Å²) in [6, 6.07) is 0. The number of thioether (sulfide) groups is 1. The quantitative estimate of drug-likeness (QED) is 0.619. The number of methoxy groups -OCH3 is 1. The Balaban J connectivity index is 1.90. The van der Waals surface area contributed by atoms with E-state index in [9.17, 15) is 5.11 Å².